The van der Waals surface area contributed by atoms with E-state index in [9.17, 15) is 4.79 Å². The zero-order valence-corrected chi connectivity index (χ0v) is 8.50. The SMILES string of the molecule is Cc1cc(Oc2nc[nH]c(=O)c2Cl)n[nH]1. The average molecular weight is 227 g/mol. The molecule has 0 spiro atoms. The van der Waals surface area contributed by atoms with Gasteiger partial charge in [0.25, 0.3) is 5.56 Å². The van der Waals surface area contributed by atoms with Crippen LogP contribution in [0.5, 0.6) is 11.8 Å². The van der Waals surface area contributed by atoms with E-state index in [1.807, 2.05) is 6.92 Å². The molecule has 7 heteroatoms. The third-order valence-electron chi connectivity index (χ3n) is 1.65. The van der Waals surface area contributed by atoms with Gasteiger partial charge in [-0.15, -0.1) is 5.10 Å². The number of ether oxygens (including phenoxy) is 1. The molecule has 0 saturated heterocycles. The van der Waals surface area contributed by atoms with Crippen molar-refractivity contribution < 1.29 is 4.74 Å². The first-order valence-electron chi connectivity index (χ1n) is 4.10. The van der Waals surface area contributed by atoms with E-state index in [1.165, 1.54) is 6.33 Å². The summed E-state index contributed by atoms with van der Waals surface area (Å²) in [5.41, 5.74) is 0.389. The van der Waals surface area contributed by atoms with Crippen molar-refractivity contribution in [2.24, 2.45) is 0 Å². The molecule has 0 aliphatic rings. The molecule has 2 aromatic rings. The average Bonchev–Trinajstić information content (AvgIpc) is 2.59. The lowest BCUT2D eigenvalue weighted by Crippen LogP contribution is -2.07. The van der Waals surface area contributed by atoms with E-state index in [-0.39, 0.29) is 10.9 Å². The molecule has 0 aromatic carbocycles. The molecule has 15 heavy (non-hydrogen) atoms. The Bertz CT molecular complexity index is 533. The van der Waals surface area contributed by atoms with Gasteiger partial charge in [-0.3, -0.25) is 9.89 Å². The van der Waals surface area contributed by atoms with Crippen LogP contribution in [-0.2, 0) is 0 Å². The van der Waals surface area contributed by atoms with Crippen molar-refractivity contribution in [1.82, 2.24) is 20.2 Å². The van der Waals surface area contributed by atoms with Gasteiger partial charge in [-0.1, -0.05) is 11.6 Å². The Kier molecular flexibility index (Phi) is 2.42. The molecule has 78 valence electrons. The summed E-state index contributed by atoms with van der Waals surface area (Å²) in [5, 5.41) is 6.42. The van der Waals surface area contributed by atoms with E-state index >= 15 is 0 Å². The summed E-state index contributed by atoms with van der Waals surface area (Å²) in [6.07, 6.45) is 1.21. The molecular formula is C8H7ClN4O2. The minimum Gasteiger partial charge on any atom is -0.417 e. The minimum absolute atomic E-state index is 0.0342. The Balaban J connectivity index is 2.32. The van der Waals surface area contributed by atoms with Gasteiger partial charge in [-0.2, -0.15) is 0 Å². The maximum atomic E-state index is 11.1. The predicted octanol–water partition coefficient (Wildman–Crippen LogP) is 1.25. The number of aromatic nitrogens is 4. The van der Waals surface area contributed by atoms with Gasteiger partial charge in [0.05, 0.1) is 6.33 Å². The van der Waals surface area contributed by atoms with Crippen molar-refractivity contribution in [3.8, 4) is 11.8 Å². The molecule has 0 radical (unpaired) electrons. The zero-order valence-electron chi connectivity index (χ0n) is 7.74. The van der Waals surface area contributed by atoms with Crippen molar-refractivity contribution in [2.45, 2.75) is 6.92 Å². The quantitative estimate of drug-likeness (QED) is 0.807. The number of hydrogen-bond acceptors (Lipinski definition) is 4. The number of nitrogens with zero attached hydrogens (tertiary/aromatic N) is 2. The number of H-pyrrole nitrogens is 2. The van der Waals surface area contributed by atoms with Gasteiger partial charge >= 0.3 is 0 Å². The second kappa shape index (κ2) is 3.74. The van der Waals surface area contributed by atoms with E-state index in [2.05, 4.69) is 20.2 Å². The minimum atomic E-state index is -0.450. The lowest BCUT2D eigenvalue weighted by molar-refractivity contribution is 0.441. The lowest BCUT2D eigenvalue weighted by Gasteiger charge is -2.00. The topological polar surface area (TPSA) is 83.7 Å². The van der Waals surface area contributed by atoms with Crippen LogP contribution in [0.15, 0.2) is 17.2 Å². The fourth-order valence-electron chi connectivity index (χ4n) is 0.982. The third kappa shape index (κ3) is 1.99. The Morgan fingerprint density at radius 1 is 1.53 bits per heavy atom. The van der Waals surface area contributed by atoms with Crippen molar-refractivity contribution >= 4 is 11.6 Å². The first-order valence-corrected chi connectivity index (χ1v) is 4.47. The molecule has 2 heterocycles. The Hall–Kier alpha value is -1.82. The highest BCUT2D eigenvalue weighted by atomic mass is 35.5. The highest BCUT2D eigenvalue weighted by molar-refractivity contribution is 6.31. The van der Waals surface area contributed by atoms with Crippen molar-refractivity contribution in [3.05, 3.63) is 33.5 Å². The van der Waals surface area contributed by atoms with E-state index in [4.69, 9.17) is 16.3 Å². The third-order valence-corrected chi connectivity index (χ3v) is 1.98. The largest absolute Gasteiger partial charge is 0.417 e. The second-order valence-corrected chi connectivity index (χ2v) is 3.22. The van der Waals surface area contributed by atoms with Gasteiger partial charge in [0.2, 0.25) is 11.8 Å². The molecule has 0 atom stereocenters. The molecule has 6 nitrogen and oxygen atoms in total. The van der Waals surface area contributed by atoms with Gasteiger partial charge in [0.15, 0.2) is 5.02 Å². The molecular weight excluding hydrogens is 220 g/mol. The highest BCUT2D eigenvalue weighted by Gasteiger charge is 2.09. The van der Waals surface area contributed by atoms with Crippen molar-refractivity contribution in [2.75, 3.05) is 0 Å². The molecule has 2 rings (SSSR count). The summed E-state index contributed by atoms with van der Waals surface area (Å²) in [7, 11) is 0. The van der Waals surface area contributed by atoms with Gasteiger partial charge in [-0.25, -0.2) is 4.98 Å². The lowest BCUT2D eigenvalue weighted by atomic mass is 10.5. The monoisotopic (exact) mass is 226 g/mol. The van der Waals surface area contributed by atoms with Crippen LogP contribution >= 0.6 is 11.6 Å². The van der Waals surface area contributed by atoms with Gasteiger partial charge in [0, 0.05) is 11.8 Å². The Labute approximate surface area is 89.3 Å². The number of nitrogens with one attached hydrogen (secondary N) is 2. The number of halogens is 1. The Morgan fingerprint density at radius 3 is 3.00 bits per heavy atom. The van der Waals surface area contributed by atoms with Gasteiger partial charge < -0.3 is 9.72 Å². The fraction of sp³-hybridized carbons (Fsp3) is 0.125. The van der Waals surface area contributed by atoms with Crippen LogP contribution < -0.4 is 10.3 Å². The van der Waals surface area contributed by atoms with Gasteiger partial charge in [-0.05, 0) is 6.92 Å². The fourth-order valence-corrected chi connectivity index (χ4v) is 1.12. The summed E-state index contributed by atoms with van der Waals surface area (Å²) >= 11 is 5.68. The number of hydrogen-bond donors (Lipinski definition) is 2. The summed E-state index contributed by atoms with van der Waals surface area (Å²) in [6.45, 7) is 1.83. The van der Waals surface area contributed by atoms with Crippen LogP contribution in [0.4, 0.5) is 0 Å². The molecule has 0 aliphatic carbocycles. The highest BCUT2D eigenvalue weighted by Crippen LogP contribution is 2.21. The molecule has 2 N–H and O–H groups in total. The summed E-state index contributed by atoms with van der Waals surface area (Å²) in [5.74, 6) is 0.347. The molecule has 0 amide bonds. The Morgan fingerprint density at radius 2 is 2.33 bits per heavy atom. The van der Waals surface area contributed by atoms with E-state index in [0.717, 1.165) is 5.69 Å². The van der Waals surface area contributed by atoms with Gasteiger partial charge in [0.1, 0.15) is 0 Å². The molecule has 0 aliphatic heterocycles. The number of aryl methyl sites for hydroxylation is 1. The van der Waals surface area contributed by atoms with Crippen molar-refractivity contribution in [3.63, 3.8) is 0 Å². The first kappa shape index (κ1) is 9.72. The molecule has 2 aromatic heterocycles. The summed E-state index contributed by atoms with van der Waals surface area (Å²) in [6, 6.07) is 1.67. The van der Waals surface area contributed by atoms with E-state index in [0.29, 0.717) is 5.88 Å². The number of rotatable bonds is 2. The molecule has 0 fully saturated rings. The van der Waals surface area contributed by atoms with Crippen LogP contribution in [0.2, 0.25) is 5.02 Å². The summed E-state index contributed by atoms with van der Waals surface area (Å²) in [4.78, 5) is 17.2. The van der Waals surface area contributed by atoms with Crippen LogP contribution in [0.1, 0.15) is 5.69 Å². The van der Waals surface area contributed by atoms with Crippen LogP contribution in [-0.4, -0.2) is 20.2 Å². The molecule has 0 bridgehead atoms. The molecule has 0 saturated carbocycles. The zero-order chi connectivity index (χ0) is 10.8. The van der Waals surface area contributed by atoms with E-state index in [1.54, 1.807) is 6.07 Å². The second-order valence-electron chi connectivity index (χ2n) is 2.84. The normalized spacial score (nSPS) is 10.3. The van der Waals surface area contributed by atoms with Crippen LogP contribution in [0.3, 0.4) is 0 Å². The maximum Gasteiger partial charge on any atom is 0.273 e. The smallest absolute Gasteiger partial charge is 0.273 e. The van der Waals surface area contributed by atoms with Crippen LogP contribution in [0.25, 0.3) is 0 Å². The standard InChI is InChI=1S/C8H7ClN4O2/c1-4-2-5(13-12-4)15-8-6(9)7(14)10-3-11-8/h2-3H,1H3,(H,12,13)(H,10,11,14). The maximum absolute atomic E-state index is 11.1. The molecule has 0 unspecified atom stereocenters. The summed E-state index contributed by atoms with van der Waals surface area (Å²) < 4.78 is 5.21. The predicted molar refractivity (Wildman–Crippen MR) is 53.3 cm³/mol. The van der Waals surface area contributed by atoms with Crippen LogP contribution in [0, 0.1) is 6.92 Å². The number of aromatic amines is 2. The first-order chi connectivity index (χ1) is 7.16. The van der Waals surface area contributed by atoms with Crippen molar-refractivity contribution in [1.29, 1.82) is 0 Å². The van der Waals surface area contributed by atoms with E-state index < -0.39 is 5.56 Å².